The van der Waals surface area contributed by atoms with Gasteiger partial charge in [-0.2, -0.15) is 0 Å². The second-order valence-corrected chi connectivity index (χ2v) is 28.1. The summed E-state index contributed by atoms with van der Waals surface area (Å²) < 4.78 is 24.0. The maximum absolute atomic E-state index is 7.04. The van der Waals surface area contributed by atoms with Gasteiger partial charge in [-0.25, -0.2) is 0 Å². The van der Waals surface area contributed by atoms with Crippen molar-refractivity contribution in [3.63, 3.8) is 0 Å². The summed E-state index contributed by atoms with van der Waals surface area (Å²) in [6.45, 7) is 41.9. The van der Waals surface area contributed by atoms with Crippen LogP contribution in [0.5, 0.6) is 17.2 Å². The highest BCUT2D eigenvalue weighted by Crippen LogP contribution is 2.50. The average molecular weight is 1230 g/mol. The fourth-order valence-electron chi connectivity index (χ4n) is 13.3. The number of phenolic OH excluding ortho intramolecular Hbond substituents is 1. The number of hydrogen-bond donors (Lipinski definition) is 1. The van der Waals surface area contributed by atoms with E-state index in [1.54, 1.807) is 30.0 Å². The third-order valence-corrected chi connectivity index (χ3v) is 18.0. The molecule has 9 heteroatoms. The van der Waals surface area contributed by atoms with Crippen LogP contribution in [0, 0.1) is 42.4 Å². The van der Waals surface area contributed by atoms with Crippen molar-refractivity contribution in [3.8, 4) is 17.2 Å². The first-order valence-corrected chi connectivity index (χ1v) is 33.7. The molecule has 5 aliphatic rings. The number of para-hydroxylation sites is 3. The Bertz CT molecular complexity index is 3280. The van der Waals surface area contributed by atoms with Gasteiger partial charge in [0.05, 0.1) is 0 Å². The third-order valence-electron chi connectivity index (χ3n) is 17.8. The van der Waals surface area contributed by atoms with Gasteiger partial charge in [0.2, 0.25) is 5.79 Å². The number of hydrogen-bond acceptors (Lipinski definition) is 8. The molecule has 0 amide bonds. The molecule has 0 saturated carbocycles. The van der Waals surface area contributed by atoms with Crippen LogP contribution in [0.15, 0.2) is 164 Å². The number of aryl methyl sites for hydroxylation is 1. The first kappa shape index (κ1) is 68.6. The largest absolute Gasteiger partial charge is 0.508 e. The van der Waals surface area contributed by atoms with Gasteiger partial charge in [-0.1, -0.05) is 223 Å². The molecule has 5 aliphatic heterocycles. The molecule has 1 N–H and O–H groups in total. The highest BCUT2D eigenvalue weighted by molar-refractivity contribution is 6.30. The highest BCUT2D eigenvalue weighted by Gasteiger charge is 2.48. The maximum atomic E-state index is 7.04. The van der Waals surface area contributed by atoms with Gasteiger partial charge in [0, 0.05) is 98.6 Å². The Morgan fingerprint density at radius 1 is 0.640 bits per heavy atom. The first-order valence-electron chi connectivity index (χ1n) is 33.8. The van der Waals surface area contributed by atoms with E-state index >= 15 is 0 Å². The molecule has 7 aromatic rings. The van der Waals surface area contributed by atoms with Crippen molar-refractivity contribution in [3.05, 3.63) is 213 Å². The van der Waals surface area contributed by atoms with Crippen molar-refractivity contribution in [2.45, 2.75) is 173 Å². The summed E-state index contributed by atoms with van der Waals surface area (Å²) in [5.74, 6) is 5.20. The fourth-order valence-corrected chi connectivity index (χ4v) is 13.5. The molecule has 8 nitrogen and oxygen atoms in total. The Kier molecular flexibility index (Phi) is 25.6. The predicted octanol–water partition coefficient (Wildman–Crippen LogP) is 20.2. The summed E-state index contributed by atoms with van der Waals surface area (Å²) in [6.07, 6.45) is 6.33. The lowest BCUT2D eigenvalue weighted by atomic mass is 9.79. The molecule has 3 atom stereocenters. The highest BCUT2D eigenvalue weighted by atomic mass is 35.5. The summed E-state index contributed by atoms with van der Waals surface area (Å²) in [7, 11) is 1.65. The molecule has 0 fully saturated rings. The summed E-state index contributed by atoms with van der Waals surface area (Å²) in [4.78, 5) is 10.0. The van der Waals surface area contributed by atoms with Crippen LogP contribution in [0.1, 0.15) is 160 Å². The molecule has 0 aliphatic carbocycles. The quantitative estimate of drug-likeness (QED) is 0.103. The number of fused-ring (bicyclic) bond motifs is 3. The summed E-state index contributed by atoms with van der Waals surface area (Å²) >= 11 is 5.96. The molecule has 5 heterocycles. The zero-order valence-electron chi connectivity index (χ0n) is 58.1. The average Bonchev–Trinajstić information content (AvgIpc) is 1.57. The number of aromatic hydroxyl groups is 1. The number of methoxy groups -OCH3 is 1. The van der Waals surface area contributed by atoms with Crippen molar-refractivity contribution >= 4 is 28.7 Å². The van der Waals surface area contributed by atoms with E-state index < -0.39 is 5.79 Å². The van der Waals surface area contributed by atoms with Gasteiger partial charge in [0.1, 0.15) is 5.75 Å². The Labute approximate surface area is 545 Å². The van der Waals surface area contributed by atoms with Crippen molar-refractivity contribution in [1.82, 2.24) is 9.80 Å². The minimum absolute atomic E-state index is 0.232. The molecule has 7 aromatic carbocycles. The van der Waals surface area contributed by atoms with E-state index in [4.69, 9.17) is 27.2 Å². The lowest BCUT2D eigenvalue weighted by Crippen LogP contribution is -2.50. The number of halogens is 1. The SMILES string of the molecule is CC(C)CN1Cc2ccc(Cl)cc2C1.CC(C)CN1Cc2ccccc2C1C.CC(C)Cc1ccccc1.CCCC1(C(C)C)Cc2cccc3c2N1CC3.COC1(C(C)C)COc2ccccc2O1.[2H]Oc1cccc(N(CC(C)C)c2ccc(C)cc2)c1. The summed E-state index contributed by atoms with van der Waals surface area (Å²) in [5.41, 5.74) is 16.0. The van der Waals surface area contributed by atoms with E-state index in [1.165, 1.54) is 85.1 Å². The molecule has 0 aromatic heterocycles. The Hall–Kier alpha value is -6.29. The summed E-state index contributed by atoms with van der Waals surface area (Å²) in [6, 6.07) is 57.0. The van der Waals surface area contributed by atoms with Gasteiger partial charge < -0.3 is 29.1 Å². The zero-order chi connectivity index (χ0) is 65.1. The molecule has 89 heavy (non-hydrogen) atoms. The Balaban J connectivity index is 0.000000155. The van der Waals surface area contributed by atoms with E-state index in [-0.39, 0.29) is 5.92 Å². The van der Waals surface area contributed by atoms with E-state index in [9.17, 15) is 0 Å². The Morgan fingerprint density at radius 3 is 1.93 bits per heavy atom. The van der Waals surface area contributed by atoms with E-state index in [1.807, 2.05) is 48.5 Å². The topological polar surface area (TPSA) is 60.9 Å². The second-order valence-electron chi connectivity index (χ2n) is 27.6. The minimum atomic E-state index is -0.658. The lowest BCUT2D eigenvalue weighted by Gasteiger charge is -2.42. The van der Waals surface area contributed by atoms with Gasteiger partial charge in [-0.15, -0.1) is 0 Å². The predicted molar refractivity (Wildman–Crippen MR) is 377 cm³/mol. The number of nitrogens with zero attached hydrogens (tertiary/aromatic N) is 4. The monoisotopic (exact) mass is 1230 g/mol. The molecule has 0 radical (unpaired) electrons. The van der Waals surface area contributed by atoms with Crippen LogP contribution in [0.2, 0.25) is 5.02 Å². The van der Waals surface area contributed by atoms with Crippen LogP contribution >= 0.6 is 11.6 Å². The molecule has 3 unspecified atom stereocenters. The fraction of sp³-hybridized carbons (Fsp3) is 0.475. The molecular formula is C80H109ClN4O4. The van der Waals surface area contributed by atoms with E-state index in [0.717, 1.165) is 77.7 Å². The van der Waals surface area contributed by atoms with Crippen LogP contribution in [0.25, 0.3) is 0 Å². The number of anilines is 3. The maximum Gasteiger partial charge on any atom is 0.293 e. The zero-order valence-corrected chi connectivity index (χ0v) is 57.9. The van der Waals surface area contributed by atoms with Gasteiger partial charge in [0.15, 0.2) is 18.1 Å². The van der Waals surface area contributed by atoms with Crippen molar-refractivity contribution < 1.29 is 19.3 Å². The van der Waals surface area contributed by atoms with E-state index in [0.29, 0.717) is 29.9 Å². The van der Waals surface area contributed by atoms with Gasteiger partial charge in [0.25, 0.3) is 1.43 Å². The first-order chi connectivity index (χ1) is 43.1. The standard InChI is InChI=1S/C17H21NO.C16H23N.C13H19N.C12H16ClN.C12H16O3.C10H14/c1-13(2)12-18(15-9-7-14(3)8-10-15)16-5-4-6-17(19)11-16;1-4-9-16(12(2)3)11-14-7-5-6-13-8-10-17(16)15(13)14;1-10(2)8-14-9-12-6-4-5-7-13(12)11(14)3;1-9(2)6-14-7-10-3-4-12(13)5-11(10)8-14;1-9(2)12(13-3)8-14-10-6-4-5-7-11(10)15-12;1-9(2)8-10-6-4-3-5-7-10/h4-11,13,19H,12H2,1-3H3;5-7,12H,4,8-11H2,1-3H3;4-7,10-11H,8-9H2,1-3H3;3-5,9H,6-8H2,1-2H3;4-7,9H,8H2,1-3H3;3-7,9H,8H2,1-2H3/i/hD. The van der Waals surface area contributed by atoms with Crippen LogP contribution in [-0.4, -0.2) is 67.6 Å². The van der Waals surface area contributed by atoms with Crippen molar-refractivity contribution in [2.75, 3.05) is 49.7 Å². The number of benzene rings is 7. The van der Waals surface area contributed by atoms with Crippen LogP contribution in [-0.2, 0) is 43.6 Å². The van der Waals surface area contributed by atoms with Crippen LogP contribution < -0.4 is 19.3 Å². The minimum Gasteiger partial charge on any atom is -0.508 e. The molecule has 0 spiro atoms. The number of ether oxygens (including phenoxy) is 3. The molecule has 480 valence electrons. The van der Waals surface area contributed by atoms with E-state index in [2.05, 4.69) is 238 Å². The van der Waals surface area contributed by atoms with Crippen molar-refractivity contribution in [1.29, 1.82) is 1.43 Å². The van der Waals surface area contributed by atoms with Gasteiger partial charge >= 0.3 is 0 Å². The molecule has 12 rings (SSSR count). The molecule has 0 bridgehead atoms. The number of rotatable bonds is 16. The molecular weight excluding hydrogens is 1120 g/mol. The lowest BCUT2D eigenvalue weighted by molar-refractivity contribution is -0.222. The van der Waals surface area contributed by atoms with Gasteiger partial charge in [-0.3, -0.25) is 9.80 Å². The second kappa shape index (κ2) is 33.2. The summed E-state index contributed by atoms with van der Waals surface area (Å²) in [5, 5.41) is 5.44. The third kappa shape index (κ3) is 19.1. The molecule has 0 saturated heterocycles. The Morgan fingerprint density at radius 2 is 1.29 bits per heavy atom. The smallest absolute Gasteiger partial charge is 0.293 e. The van der Waals surface area contributed by atoms with Crippen molar-refractivity contribution in [2.24, 2.45) is 35.5 Å². The van der Waals surface area contributed by atoms with Gasteiger partial charge in [-0.05, 0) is 157 Å². The van der Waals surface area contributed by atoms with Crippen LogP contribution in [0.4, 0.5) is 17.1 Å². The normalized spacial score (nSPS) is 18.5. The van der Waals surface area contributed by atoms with Crippen LogP contribution in [0.3, 0.4) is 0 Å². The number of phenols is 1.